The number of hydrogen-bond donors (Lipinski definition) is 1. The maximum Gasteiger partial charge on any atom is 0.0522 e. The van der Waals surface area contributed by atoms with Crippen molar-refractivity contribution in [2.45, 2.75) is 33.1 Å². The van der Waals surface area contributed by atoms with E-state index < -0.39 is 0 Å². The zero-order valence-corrected chi connectivity index (χ0v) is 10.2. The molecule has 0 aliphatic carbocycles. The molecule has 0 aromatic carbocycles. The van der Waals surface area contributed by atoms with Gasteiger partial charge in [-0.2, -0.15) is 5.10 Å². The molecule has 0 unspecified atom stereocenters. The number of hydrogen-bond acceptors (Lipinski definition) is 2. The molecule has 0 aliphatic heterocycles. The highest BCUT2D eigenvalue weighted by atomic mass is 15.2. The molecule has 1 aromatic rings. The van der Waals surface area contributed by atoms with Crippen LogP contribution in [0.2, 0.25) is 0 Å². The van der Waals surface area contributed by atoms with Gasteiger partial charge in [0.05, 0.1) is 6.20 Å². The molecule has 0 fully saturated rings. The van der Waals surface area contributed by atoms with E-state index in [4.69, 9.17) is 0 Å². The summed E-state index contributed by atoms with van der Waals surface area (Å²) in [4.78, 5) is 0. The Bertz CT molecular complexity index is 264. The first kappa shape index (κ1) is 12.2. The van der Waals surface area contributed by atoms with Crippen LogP contribution in [0.3, 0.4) is 0 Å². The van der Waals surface area contributed by atoms with E-state index in [-0.39, 0.29) is 0 Å². The van der Waals surface area contributed by atoms with Gasteiger partial charge in [-0.15, -0.1) is 0 Å². The first-order chi connectivity index (χ1) is 7.26. The highest BCUT2D eigenvalue weighted by Crippen LogP contribution is 2.05. The molecule has 0 spiro atoms. The summed E-state index contributed by atoms with van der Waals surface area (Å²) >= 11 is 0. The highest BCUT2D eigenvalue weighted by Gasteiger charge is 2.02. The summed E-state index contributed by atoms with van der Waals surface area (Å²) in [6.07, 6.45) is 7.65. The average molecular weight is 209 g/mol. The normalized spacial score (nSPS) is 11.2. The van der Waals surface area contributed by atoms with Crippen molar-refractivity contribution < 1.29 is 0 Å². The summed E-state index contributed by atoms with van der Waals surface area (Å²) in [6, 6.07) is 0. The van der Waals surface area contributed by atoms with E-state index in [1.807, 2.05) is 17.9 Å². The number of aromatic nitrogens is 2. The molecule has 3 nitrogen and oxygen atoms in total. The van der Waals surface area contributed by atoms with E-state index in [0.717, 1.165) is 25.4 Å². The number of rotatable bonds is 7. The summed E-state index contributed by atoms with van der Waals surface area (Å²) in [5.74, 6) is 0.832. The largest absolute Gasteiger partial charge is 0.316 e. The van der Waals surface area contributed by atoms with Gasteiger partial charge in [0.15, 0.2) is 0 Å². The Morgan fingerprint density at radius 2 is 2.13 bits per heavy atom. The molecular weight excluding hydrogens is 186 g/mol. The fourth-order valence-corrected chi connectivity index (χ4v) is 1.72. The Balaban J connectivity index is 2.11. The van der Waals surface area contributed by atoms with Crippen LogP contribution in [-0.4, -0.2) is 22.9 Å². The average Bonchev–Trinajstić information content (AvgIpc) is 2.65. The summed E-state index contributed by atoms with van der Waals surface area (Å²) in [5, 5.41) is 7.66. The quantitative estimate of drug-likeness (QED) is 0.696. The third kappa shape index (κ3) is 4.47. The predicted octanol–water partition coefficient (Wildman–Crippen LogP) is 1.99. The number of nitrogens with one attached hydrogen (secondary N) is 1. The van der Waals surface area contributed by atoms with Crippen molar-refractivity contribution in [3.8, 4) is 0 Å². The third-order valence-electron chi connectivity index (χ3n) is 2.94. The zero-order valence-electron chi connectivity index (χ0n) is 10.2. The highest BCUT2D eigenvalue weighted by molar-refractivity contribution is 5.03. The maximum absolute atomic E-state index is 4.15. The van der Waals surface area contributed by atoms with E-state index in [2.05, 4.69) is 30.5 Å². The van der Waals surface area contributed by atoms with Gasteiger partial charge in [0.2, 0.25) is 0 Å². The Morgan fingerprint density at radius 1 is 1.40 bits per heavy atom. The lowest BCUT2D eigenvalue weighted by Gasteiger charge is -2.12. The minimum atomic E-state index is 0.832. The first-order valence-electron chi connectivity index (χ1n) is 5.94. The Kier molecular flexibility index (Phi) is 5.40. The zero-order chi connectivity index (χ0) is 11.1. The summed E-state index contributed by atoms with van der Waals surface area (Å²) in [7, 11) is 1.96. The van der Waals surface area contributed by atoms with Gasteiger partial charge in [-0.1, -0.05) is 26.7 Å². The van der Waals surface area contributed by atoms with Crippen LogP contribution in [-0.2, 0) is 13.5 Å². The Hall–Kier alpha value is -0.830. The van der Waals surface area contributed by atoms with Gasteiger partial charge >= 0.3 is 0 Å². The molecular formula is C12H23N3. The van der Waals surface area contributed by atoms with Gasteiger partial charge in [0.25, 0.3) is 0 Å². The monoisotopic (exact) mass is 209 g/mol. The molecule has 0 atom stereocenters. The van der Waals surface area contributed by atoms with Crippen molar-refractivity contribution in [2.24, 2.45) is 13.0 Å². The van der Waals surface area contributed by atoms with Gasteiger partial charge < -0.3 is 5.32 Å². The van der Waals surface area contributed by atoms with Crippen molar-refractivity contribution in [1.82, 2.24) is 15.1 Å². The topological polar surface area (TPSA) is 29.9 Å². The molecule has 0 saturated heterocycles. The summed E-state index contributed by atoms with van der Waals surface area (Å²) in [5.41, 5.74) is 1.31. The SMILES string of the molecule is CCC(CC)CNCCc1cnn(C)c1. The Morgan fingerprint density at radius 3 is 2.67 bits per heavy atom. The molecule has 1 aromatic heterocycles. The predicted molar refractivity (Wildman–Crippen MR) is 63.9 cm³/mol. The summed E-state index contributed by atoms with van der Waals surface area (Å²) < 4.78 is 1.86. The standard InChI is InChI=1S/C12H23N3/c1-4-11(5-2)8-13-7-6-12-9-14-15(3)10-12/h9-11,13H,4-8H2,1-3H3. The molecule has 0 aliphatic rings. The smallest absolute Gasteiger partial charge is 0.0522 e. The molecule has 0 saturated carbocycles. The van der Waals surface area contributed by atoms with E-state index in [1.165, 1.54) is 18.4 Å². The van der Waals surface area contributed by atoms with Gasteiger partial charge in [-0.05, 0) is 31.0 Å². The van der Waals surface area contributed by atoms with Gasteiger partial charge in [-0.25, -0.2) is 0 Å². The molecule has 1 heterocycles. The number of nitrogens with zero attached hydrogens (tertiary/aromatic N) is 2. The van der Waals surface area contributed by atoms with Crippen LogP contribution >= 0.6 is 0 Å². The molecule has 0 amide bonds. The second-order valence-electron chi connectivity index (χ2n) is 4.16. The van der Waals surface area contributed by atoms with Crippen molar-refractivity contribution in [3.63, 3.8) is 0 Å². The number of aryl methyl sites for hydroxylation is 1. The third-order valence-corrected chi connectivity index (χ3v) is 2.94. The lowest BCUT2D eigenvalue weighted by atomic mass is 10.0. The maximum atomic E-state index is 4.15. The van der Waals surface area contributed by atoms with Gasteiger partial charge in [0.1, 0.15) is 0 Å². The molecule has 0 bridgehead atoms. The van der Waals surface area contributed by atoms with Crippen LogP contribution in [0.5, 0.6) is 0 Å². The van der Waals surface area contributed by atoms with Crippen LogP contribution in [0, 0.1) is 5.92 Å². The molecule has 1 N–H and O–H groups in total. The molecule has 15 heavy (non-hydrogen) atoms. The van der Waals surface area contributed by atoms with Crippen LogP contribution in [0.1, 0.15) is 32.3 Å². The van der Waals surface area contributed by atoms with Crippen LogP contribution in [0.25, 0.3) is 0 Å². The molecule has 0 radical (unpaired) electrons. The minimum Gasteiger partial charge on any atom is -0.316 e. The van der Waals surface area contributed by atoms with E-state index in [0.29, 0.717) is 0 Å². The Labute approximate surface area is 92.9 Å². The fraction of sp³-hybridized carbons (Fsp3) is 0.750. The minimum absolute atomic E-state index is 0.832. The van der Waals surface area contributed by atoms with Crippen molar-refractivity contribution in [2.75, 3.05) is 13.1 Å². The van der Waals surface area contributed by atoms with E-state index in [1.54, 1.807) is 0 Å². The lowest BCUT2D eigenvalue weighted by molar-refractivity contribution is 0.452. The first-order valence-corrected chi connectivity index (χ1v) is 5.94. The molecule has 86 valence electrons. The van der Waals surface area contributed by atoms with Crippen molar-refractivity contribution >= 4 is 0 Å². The van der Waals surface area contributed by atoms with Crippen LogP contribution < -0.4 is 5.32 Å². The fourth-order valence-electron chi connectivity index (χ4n) is 1.72. The van der Waals surface area contributed by atoms with E-state index >= 15 is 0 Å². The molecule has 1 rings (SSSR count). The second-order valence-corrected chi connectivity index (χ2v) is 4.16. The van der Waals surface area contributed by atoms with Crippen LogP contribution in [0.4, 0.5) is 0 Å². The second kappa shape index (κ2) is 6.62. The van der Waals surface area contributed by atoms with Crippen LogP contribution in [0.15, 0.2) is 12.4 Å². The van der Waals surface area contributed by atoms with Crippen molar-refractivity contribution in [3.05, 3.63) is 18.0 Å². The van der Waals surface area contributed by atoms with Gasteiger partial charge in [-0.3, -0.25) is 4.68 Å². The van der Waals surface area contributed by atoms with E-state index in [9.17, 15) is 0 Å². The summed E-state index contributed by atoms with van der Waals surface area (Å²) in [6.45, 7) is 6.73. The van der Waals surface area contributed by atoms with Gasteiger partial charge in [0, 0.05) is 13.2 Å². The van der Waals surface area contributed by atoms with Crippen molar-refractivity contribution in [1.29, 1.82) is 0 Å². The lowest BCUT2D eigenvalue weighted by Crippen LogP contribution is -2.24. The molecule has 3 heteroatoms.